The second-order valence-corrected chi connectivity index (χ2v) is 10.2. The molecular formula is C27H26FN5O5. The van der Waals surface area contributed by atoms with Crippen molar-refractivity contribution in [2.75, 3.05) is 18.1 Å². The highest BCUT2D eigenvalue weighted by Gasteiger charge is 2.35. The van der Waals surface area contributed by atoms with Gasteiger partial charge in [0.2, 0.25) is 0 Å². The molecule has 3 aromatic heterocycles. The van der Waals surface area contributed by atoms with Gasteiger partial charge >= 0.3 is 6.09 Å². The molecule has 1 atom stereocenters. The van der Waals surface area contributed by atoms with Crippen LogP contribution in [-0.2, 0) is 13.0 Å². The lowest BCUT2D eigenvalue weighted by atomic mass is 9.95. The van der Waals surface area contributed by atoms with Crippen molar-refractivity contribution in [2.24, 2.45) is 0 Å². The van der Waals surface area contributed by atoms with Crippen molar-refractivity contribution in [3.63, 3.8) is 0 Å². The molecule has 11 heteroatoms. The van der Waals surface area contributed by atoms with Crippen LogP contribution in [0.25, 0.3) is 16.8 Å². The predicted molar refractivity (Wildman–Crippen MR) is 135 cm³/mol. The largest absolute Gasteiger partial charge is 0.493 e. The molecule has 196 valence electrons. The topological polar surface area (TPSA) is 122 Å². The van der Waals surface area contributed by atoms with E-state index in [1.165, 1.54) is 12.4 Å². The zero-order chi connectivity index (χ0) is 26.6. The van der Waals surface area contributed by atoms with E-state index in [-0.39, 0.29) is 36.2 Å². The summed E-state index contributed by atoms with van der Waals surface area (Å²) in [7, 11) is 0. The predicted octanol–water partition coefficient (Wildman–Crippen LogP) is 4.19. The number of halogens is 1. The molecule has 0 bridgehead atoms. The van der Waals surface area contributed by atoms with Crippen LogP contribution in [0.2, 0.25) is 0 Å². The van der Waals surface area contributed by atoms with Gasteiger partial charge in [-0.05, 0) is 51.0 Å². The van der Waals surface area contributed by atoms with Gasteiger partial charge in [0, 0.05) is 34.1 Å². The maximum Gasteiger partial charge on any atom is 0.413 e. The summed E-state index contributed by atoms with van der Waals surface area (Å²) >= 11 is 0. The minimum Gasteiger partial charge on any atom is -0.493 e. The van der Waals surface area contributed by atoms with E-state index in [9.17, 15) is 15.0 Å². The van der Waals surface area contributed by atoms with Crippen molar-refractivity contribution in [1.82, 2.24) is 19.6 Å². The number of aryl methyl sites for hydroxylation is 1. The van der Waals surface area contributed by atoms with E-state index in [1.54, 1.807) is 42.6 Å². The first-order chi connectivity index (χ1) is 18.2. The Morgan fingerprint density at radius 3 is 2.74 bits per heavy atom. The summed E-state index contributed by atoms with van der Waals surface area (Å²) in [6.45, 7) is 3.72. The number of ether oxygens (including phenoxy) is 2. The monoisotopic (exact) mass is 519 g/mol. The van der Waals surface area contributed by atoms with E-state index in [4.69, 9.17) is 9.47 Å². The van der Waals surface area contributed by atoms with Crippen molar-refractivity contribution >= 4 is 17.6 Å². The molecule has 0 saturated carbocycles. The quantitative estimate of drug-likeness (QED) is 0.412. The van der Waals surface area contributed by atoms with Crippen LogP contribution in [0.4, 0.5) is 15.0 Å². The third-order valence-electron chi connectivity index (χ3n) is 7.02. The molecule has 0 aliphatic carbocycles. The zero-order valence-corrected chi connectivity index (χ0v) is 20.9. The SMILES string of the molecule is CC(C)(O)CCc1ncccc1-c1cc2c(n3cnnc13)N(C(=O)O)Cc1c(F)ccc3c1[C@@H](CO3)CO2. The summed E-state index contributed by atoms with van der Waals surface area (Å²) in [5.41, 5.74) is 2.58. The van der Waals surface area contributed by atoms with Crippen LogP contribution >= 0.6 is 0 Å². The average molecular weight is 520 g/mol. The molecule has 38 heavy (non-hydrogen) atoms. The first-order valence-electron chi connectivity index (χ1n) is 12.3. The number of hydrogen-bond acceptors (Lipinski definition) is 7. The lowest BCUT2D eigenvalue weighted by Crippen LogP contribution is -2.31. The van der Waals surface area contributed by atoms with Crippen LogP contribution in [0, 0.1) is 5.82 Å². The number of amides is 1. The number of benzene rings is 1. The Morgan fingerprint density at radius 2 is 1.97 bits per heavy atom. The van der Waals surface area contributed by atoms with Crippen molar-refractivity contribution < 1.29 is 28.9 Å². The molecule has 6 rings (SSSR count). The normalized spacial score (nSPS) is 16.6. The number of hydrogen-bond donors (Lipinski definition) is 2. The van der Waals surface area contributed by atoms with Crippen LogP contribution in [0.15, 0.2) is 42.9 Å². The Labute approximate surface area is 217 Å². The number of pyridine rings is 2. The van der Waals surface area contributed by atoms with Gasteiger partial charge in [0.1, 0.15) is 17.9 Å². The first kappa shape index (κ1) is 24.1. The van der Waals surface area contributed by atoms with Crippen LogP contribution in [0.1, 0.15) is 43.0 Å². The molecule has 0 fully saturated rings. The Bertz CT molecular complexity index is 1560. The number of carboxylic acid groups (broad SMARTS) is 1. The van der Waals surface area contributed by atoms with Gasteiger partial charge in [-0.1, -0.05) is 6.07 Å². The summed E-state index contributed by atoms with van der Waals surface area (Å²) in [5.74, 6) is 0.235. The maximum absolute atomic E-state index is 15.1. The summed E-state index contributed by atoms with van der Waals surface area (Å²) < 4.78 is 28.7. The summed E-state index contributed by atoms with van der Waals surface area (Å²) in [5, 5.41) is 28.9. The Kier molecular flexibility index (Phi) is 5.68. The second kappa shape index (κ2) is 8.95. The van der Waals surface area contributed by atoms with Crippen LogP contribution in [-0.4, -0.2) is 54.7 Å². The van der Waals surface area contributed by atoms with E-state index in [1.807, 2.05) is 6.07 Å². The van der Waals surface area contributed by atoms with Crippen LogP contribution in [0.3, 0.4) is 0 Å². The zero-order valence-electron chi connectivity index (χ0n) is 20.9. The number of nitrogens with zero attached hydrogens (tertiary/aromatic N) is 5. The second-order valence-electron chi connectivity index (χ2n) is 10.2. The van der Waals surface area contributed by atoms with Crippen LogP contribution < -0.4 is 14.4 Å². The molecule has 0 saturated heterocycles. The maximum atomic E-state index is 15.1. The molecule has 2 aliphatic heterocycles. The minimum absolute atomic E-state index is 0.162. The number of fused-ring (bicyclic) bond motifs is 3. The smallest absolute Gasteiger partial charge is 0.413 e. The molecule has 2 N–H and O–H groups in total. The molecule has 0 radical (unpaired) electrons. The molecule has 10 nitrogen and oxygen atoms in total. The standard InChI is InChI=1S/C27H26FN5O5/c1-27(2,36)8-7-20-16(4-3-9-29-20)17-10-22-25(33-14-30-31-24(17)33)32(26(34)35)11-18-19(28)5-6-21-23(18)15(12-37-21)13-38-22/h3-6,9-10,14-15,36H,7-8,11-13H2,1-2H3,(H,34,35)/t15-/m0/s1. The molecular weight excluding hydrogens is 493 g/mol. The van der Waals surface area contributed by atoms with Gasteiger partial charge in [0.15, 0.2) is 17.2 Å². The van der Waals surface area contributed by atoms with Crippen molar-refractivity contribution in [3.05, 3.63) is 65.5 Å². The Balaban J connectivity index is 1.54. The van der Waals surface area contributed by atoms with Gasteiger partial charge in [0.25, 0.3) is 0 Å². The van der Waals surface area contributed by atoms with Gasteiger partial charge < -0.3 is 19.7 Å². The van der Waals surface area contributed by atoms with E-state index >= 15 is 4.39 Å². The van der Waals surface area contributed by atoms with Crippen LogP contribution in [0.5, 0.6) is 11.5 Å². The van der Waals surface area contributed by atoms with Gasteiger partial charge in [0.05, 0.1) is 31.3 Å². The van der Waals surface area contributed by atoms with Gasteiger partial charge in [-0.15, -0.1) is 10.2 Å². The highest BCUT2D eigenvalue weighted by atomic mass is 19.1. The lowest BCUT2D eigenvalue weighted by molar-refractivity contribution is 0.0711. The molecule has 4 aromatic rings. The fourth-order valence-electron chi connectivity index (χ4n) is 5.16. The van der Waals surface area contributed by atoms with E-state index in [2.05, 4.69) is 15.2 Å². The summed E-state index contributed by atoms with van der Waals surface area (Å²) in [6, 6.07) is 8.31. The summed E-state index contributed by atoms with van der Waals surface area (Å²) in [6.07, 6.45) is 2.83. The van der Waals surface area contributed by atoms with Gasteiger partial charge in [-0.2, -0.15) is 0 Å². The lowest BCUT2D eigenvalue weighted by Gasteiger charge is -2.24. The number of anilines is 1. The molecule has 2 aliphatic rings. The molecule has 1 amide bonds. The van der Waals surface area contributed by atoms with E-state index in [0.29, 0.717) is 42.0 Å². The summed E-state index contributed by atoms with van der Waals surface area (Å²) in [4.78, 5) is 18.2. The van der Waals surface area contributed by atoms with Gasteiger partial charge in [-0.25, -0.2) is 9.18 Å². The molecule has 5 heterocycles. The number of aliphatic hydroxyl groups is 1. The number of rotatable bonds is 4. The number of aromatic nitrogens is 4. The highest BCUT2D eigenvalue weighted by molar-refractivity contribution is 5.91. The van der Waals surface area contributed by atoms with Crippen molar-refractivity contribution in [3.8, 4) is 22.6 Å². The minimum atomic E-state index is -1.28. The average Bonchev–Trinajstić information content (AvgIpc) is 3.53. The third kappa shape index (κ3) is 4.08. The molecule has 1 aromatic carbocycles. The number of carbonyl (C=O) groups is 1. The third-order valence-corrected chi connectivity index (χ3v) is 7.02. The van der Waals surface area contributed by atoms with Crippen molar-refractivity contribution in [1.29, 1.82) is 0 Å². The van der Waals surface area contributed by atoms with Crippen molar-refractivity contribution in [2.45, 2.75) is 44.8 Å². The fourth-order valence-corrected chi connectivity index (χ4v) is 5.16. The fraction of sp³-hybridized carbons (Fsp3) is 0.333. The van der Waals surface area contributed by atoms with E-state index in [0.717, 1.165) is 16.2 Å². The molecule has 0 spiro atoms. The van der Waals surface area contributed by atoms with Gasteiger partial charge in [-0.3, -0.25) is 14.3 Å². The molecule has 0 unspecified atom stereocenters. The van der Waals surface area contributed by atoms with E-state index < -0.39 is 17.5 Å². The highest BCUT2D eigenvalue weighted by Crippen LogP contribution is 2.44. The first-order valence-corrected chi connectivity index (χ1v) is 12.3. The Hall–Kier alpha value is -4.25. The Morgan fingerprint density at radius 1 is 1.18 bits per heavy atom.